The molecule has 0 saturated carbocycles. The van der Waals surface area contributed by atoms with Gasteiger partial charge in [0.2, 0.25) is 5.91 Å². The highest BCUT2D eigenvalue weighted by Gasteiger charge is 2.35. The van der Waals surface area contributed by atoms with Gasteiger partial charge in [0.1, 0.15) is 0 Å². The number of rotatable bonds is 5. The molecule has 0 radical (unpaired) electrons. The van der Waals surface area contributed by atoms with Crippen molar-refractivity contribution in [3.63, 3.8) is 0 Å². The molecule has 2 aliphatic heterocycles. The van der Waals surface area contributed by atoms with Gasteiger partial charge in [-0.1, -0.05) is 30.3 Å². The Morgan fingerprint density at radius 2 is 1.48 bits per heavy atom. The Morgan fingerprint density at radius 3 is 2.04 bits per heavy atom. The van der Waals surface area contributed by atoms with Crippen LogP contribution in [0.3, 0.4) is 0 Å². The Labute approximate surface area is 161 Å². The third-order valence-electron chi connectivity index (χ3n) is 5.28. The van der Waals surface area contributed by atoms with E-state index in [2.05, 4.69) is 4.90 Å². The second kappa shape index (κ2) is 8.66. The van der Waals surface area contributed by atoms with E-state index in [-0.39, 0.29) is 5.91 Å². The van der Waals surface area contributed by atoms with Gasteiger partial charge in [-0.15, -0.1) is 0 Å². The standard InChI is InChI=1S/C18H29N5O3S/c1-20-7-11-22(12-8-20)27(25,26)23-13-9-21(10-14-23)18(24)17(19)15-16-5-3-2-4-6-16/h2-6,17H,7-15,19H2,1H3. The van der Waals surface area contributed by atoms with E-state index >= 15 is 0 Å². The molecule has 1 unspecified atom stereocenters. The zero-order valence-corrected chi connectivity index (χ0v) is 16.6. The van der Waals surface area contributed by atoms with Crippen LogP contribution >= 0.6 is 0 Å². The minimum atomic E-state index is -3.46. The Bertz CT molecular complexity index is 727. The molecular formula is C18H29N5O3S. The van der Waals surface area contributed by atoms with Crippen molar-refractivity contribution in [2.45, 2.75) is 12.5 Å². The third kappa shape index (κ3) is 4.85. The van der Waals surface area contributed by atoms with Gasteiger partial charge in [0.15, 0.2) is 0 Å². The first-order valence-corrected chi connectivity index (χ1v) is 10.8. The molecule has 0 aromatic heterocycles. The van der Waals surface area contributed by atoms with E-state index in [0.29, 0.717) is 45.7 Å². The van der Waals surface area contributed by atoms with Crippen molar-refractivity contribution in [2.75, 3.05) is 59.4 Å². The van der Waals surface area contributed by atoms with Crippen molar-refractivity contribution in [3.8, 4) is 0 Å². The number of carbonyl (C=O) groups excluding carboxylic acids is 1. The van der Waals surface area contributed by atoms with Crippen LogP contribution in [0, 0.1) is 0 Å². The van der Waals surface area contributed by atoms with E-state index in [4.69, 9.17) is 5.73 Å². The van der Waals surface area contributed by atoms with Crippen LogP contribution in [0.1, 0.15) is 5.56 Å². The van der Waals surface area contributed by atoms with Crippen molar-refractivity contribution >= 4 is 16.1 Å². The van der Waals surface area contributed by atoms with E-state index in [0.717, 1.165) is 18.7 Å². The molecule has 0 aliphatic carbocycles. The molecule has 150 valence electrons. The highest BCUT2D eigenvalue weighted by atomic mass is 32.2. The number of nitrogens with zero attached hydrogens (tertiary/aromatic N) is 4. The van der Waals surface area contributed by atoms with Crippen molar-refractivity contribution in [2.24, 2.45) is 5.73 Å². The number of likely N-dealkylation sites (N-methyl/N-ethyl adjacent to an activating group) is 1. The summed E-state index contributed by atoms with van der Waals surface area (Å²) in [4.78, 5) is 16.4. The fraction of sp³-hybridized carbons (Fsp3) is 0.611. The molecule has 8 nitrogen and oxygen atoms in total. The topological polar surface area (TPSA) is 90.2 Å². The summed E-state index contributed by atoms with van der Waals surface area (Å²) in [6.45, 7) is 3.91. The first-order chi connectivity index (χ1) is 12.9. The maximum absolute atomic E-state index is 12.8. The van der Waals surface area contributed by atoms with Gasteiger partial charge < -0.3 is 15.5 Å². The van der Waals surface area contributed by atoms with Gasteiger partial charge in [0.25, 0.3) is 10.2 Å². The van der Waals surface area contributed by atoms with Gasteiger partial charge in [-0.25, -0.2) is 0 Å². The Morgan fingerprint density at radius 1 is 0.963 bits per heavy atom. The maximum atomic E-state index is 12.8. The molecule has 27 heavy (non-hydrogen) atoms. The molecule has 2 fully saturated rings. The summed E-state index contributed by atoms with van der Waals surface area (Å²) in [6, 6.07) is 9.08. The van der Waals surface area contributed by atoms with E-state index in [1.807, 2.05) is 37.4 Å². The van der Waals surface area contributed by atoms with Crippen LogP contribution in [0.2, 0.25) is 0 Å². The van der Waals surface area contributed by atoms with E-state index in [1.54, 1.807) is 9.21 Å². The lowest BCUT2D eigenvalue weighted by Gasteiger charge is -2.39. The zero-order chi connectivity index (χ0) is 19.4. The van der Waals surface area contributed by atoms with Crippen molar-refractivity contribution < 1.29 is 13.2 Å². The number of nitrogens with two attached hydrogens (primary N) is 1. The predicted octanol–water partition coefficient (Wildman–Crippen LogP) is -0.807. The van der Waals surface area contributed by atoms with Crippen molar-refractivity contribution in [3.05, 3.63) is 35.9 Å². The highest BCUT2D eigenvalue weighted by molar-refractivity contribution is 7.86. The van der Waals surface area contributed by atoms with Gasteiger partial charge in [-0.2, -0.15) is 17.0 Å². The van der Waals surface area contributed by atoms with Crippen LogP contribution in [-0.4, -0.2) is 98.2 Å². The molecule has 2 N–H and O–H groups in total. The second-order valence-electron chi connectivity index (χ2n) is 7.23. The number of hydrogen-bond acceptors (Lipinski definition) is 5. The lowest BCUT2D eigenvalue weighted by molar-refractivity contribution is -0.133. The second-order valence-corrected chi connectivity index (χ2v) is 9.16. The largest absolute Gasteiger partial charge is 0.339 e. The first kappa shape index (κ1) is 20.2. The SMILES string of the molecule is CN1CCN(S(=O)(=O)N2CCN(C(=O)C(N)Cc3ccccc3)CC2)CC1. The minimum Gasteiger partial charge on any atom is -0.339 e. The fourth-order valence-corrected chi connectivity index (χ4v) is 5.09. The van der Waals surface area contributed by atoms with Gasteiger partial charge in [0.05, 0.1) is 6.04 Å². The summed E-state index contributed by atoms with van der Waals surface area (Å²) >= 11 is 0. The Balaban J connectivity index is 1.52. The monoisotopic (exact) mass is 395 g/mol. The molecule has 1 aromatic carbocycles. The van der Waals surface area contributed by atoms with Gasteiger partial charge in [-0.05, 0) is 19.0 Å². The quantitative estimate of drug-likeness (QED) is 0.705. The van der Waals surface area contributed by atoms with Crippen LogP contribution in [-0.2, 0) is 21.4 Å². The lowest BCUT2D eigenvalue weighted by atomic mass is 10.1. The Hall–Kier alpha value is -1.52. The molecule has 0 spiro atoms. The average Bonchev–Trinajstić information content (AvgIpc) is 2.68. The van der Waals surface area contributed by atoms with Gasteiger partial charge >= 0.3 is 0 Å². The summed E-state index contributed by atoms with van der Waals surface area (Å²) in [5.74, 6) is -0.115. The maximum Gasteiger partial charge on any atom is 0.282 e. The number of hydrogen-bond donors (Lipinski definition) is 1. The number of carbonyl (C=O) groups is 1. The van der Waals surface area contributed by atoms with Crippen LogP contribution in [0.4, 0.5) is 0 Å². The predicted molar refractivity (Wildman–Crippen MR) is 104 cm³/mol. The molecule has 1 atom stereocenters. The highest BCUT2D eigenvalue weighted by Crippen LogP contribution is 2.15. The molecule has 2 heterocycles. The zero-order valence-electron chi connectivity index (χ0n) is 15.8. The fourth-order valence-electron chi connectivity index (χ4n) is 3.51. The minimum absolute atomic E-state index is 0.115. The molecule has 9 heteroatoms. The van der Waals surface area contributed by atoms with Crippen LogP contribution < -0.4 is 5.73 Å². The molecule has 0 bridgehead atoms. The molecule has 2 saturated heterocycles. The van der Waals surface area contributed by atoms with Gasteiger partial charge in [0, 0.05) is 52.4 Å². The van der Waals surface area contributed by atoms with Crippen molar-refractivity contribution in [1.29, 1.82) is 0 Å². The summed E-state index contributed by atoms with van der Waals surface area (Å²) in [7, 11) is -1.46. The van der Waals surface area contributed by atoms with Gasteiger partial charge in [-0.3, -0.25) is 4.79 Å². The summed E-state index contributed by atoms with van der Waals surface area (Å²) in [6.07, 6.45) is 0.486. The van der Waals surface area contributed by atoms with Crippen LogP contribution in [0.25, 0.3) is 0 Å². The summed E-state index contributed by atoms with van der Waals surface area (Å²) in [5, 5.41) is 0. The normalized spacial score (nSPS) is 21.9. The number of piperazine rings is 2. The smallest absolute Gasteiger partial charge is 0.282 e. The molecule has 2 aliphatic rings. The number of amides is 1. The number of benzene rings is 1. The lowest BCUT2D eigenvalue weighted by Crippen LogP contribution is -2.58. The first-order valence-electron chi connectivity index (χ1n) is 9.40. The third-order valence-corrected chi connectivity index (χ3v) is 7.32. The van der Waals surface area contributed by atoms with E-state index < -0.39 is 16.3 Å². The summed E-state index contributed by atoms with van der Waals surface area (Å²) < 4.78 is 28.6. The molecule has 3 rings (SSSR count). The van der Waals surface area contributed by atoms with E-state index in [1.165, 1.54) is 4.31 Å². The summed E-state index contributed by atoms with van der Waals surface area (Å²) in [5.41, 5.74) is 7.12. The molecule has 1 amide bonds. The van der Waals surface area contributed by atoms with Crippen LogP contribution in [0.5, 0.6) is 0 Å². The average molecular weight is 396 g/mol. The van der Waals surface area contributed by atoms with E-state index in [9.17, 15) is 13.2 Å². The molecular weight excluding hydrogens is 366 g/mol. The van der Waals surface area contributed by atoms with Crippen LogP contribution in [0.15, 0.2) is 30.3 Å². The van der Waals surface area contributed by atoms with Crippen molar-refractivity contribution in [1.82, 2.24) is 18.4 Å². The Kier molecular flexibility index (Phi) is 6.48. The molecule has 1 aromatic rings.